The lowest BCUT2D eigenvalue weighted by Gasteiger charge is -2.29. The summed E-state index contributed by atoms with van der Waals surface area (Å²) in [6.45, 7) is 4.74. The zero-order chi connectivity index (χ0) is 21.9. The Hall–Kier alpha value is -1.69. The first-order chi connectivity index (χ1) is 14.4. The second-order valence-electron chi connectivity index (χ2n) is 7.05. The summed E-state index contributed by atoms with van der Waals surface area (Å²) < 4.78 is 0. The van der Waals surface area contributed by atoms with E-state index >= 15 is 0 Å². The van der Waals surface area contributed by atoms with Gasteiger partial charge >= 0.3 is 0 Å². The Labute approximate surface area is 193 Å². The third-order valence-corrected chi connectivity index (χ3v) is 6.31. The number of unbranched alkanes of at least 4 members (excludes halogenated alkanes) is 1. The first-order valence-electron chi connectivity index (χ1n) is 10.0. The second kappa shape index (κ2) is 12.9. The summed E-state index contributed by atoms with van der Waals surface area (Å²) in [5, 5.41) is 4.20. The molecule has 2 aromatic carbocycles. The van der Waals surface area contributed by atoms with E-state index in [1.807, 2.05) is 42.5 Å². The largest absolute Gasteiger partial charge is 0.354 e. The van der Waals surface area contributed by atoms with E-state index in [9.17, 15) is 9.59 Å². The number of hydrogen-bond acceptors (Lipinski definition) is 3. The minimum absolute atomic E-state index is 0.0907. The van der Waals surface area contributed by atoms with Gasteiger partial charge in [0.05, 0.1) is 5.75 Å². The lowest BCUT2D eigenvalue weighted by atomic mass is 10.1. The number of thioether (sulfide) groups is 1. The van der Waals surface area contributed by atoms with Crippen molar-refractivity contribution in [2.24, 2.45) is 0 Å². The maximum atomic E-state index is 13.0. The van der Waals surface area contributed by atoms with Crippen LogP contribution in [0.1, 0.15) is 37.8 Å². The van der Waals surface area contributed by atoms with Gasteiger partial charge in [-0.15, -0.1) is 11.8 Å². The number of nitrogens with one attached hydrogen (secondary N) is 1. The minimum atomic E-state index is -0.582. The molecule has 2 rings (SSSR count). The number of rotatable bonds is 11. The molecule has 0 aliphatic heterocycles. The van der Waals surface area contributed by atoms with Gasteiger partial charge < -0.3 is 10.2 Å². The van der Waals surface area contributed by atoms with E-state index in [1.54, 1.807) is 17.9 Å². The van der Waals surface area contributed by atoms with Crippen LogP contribution in [0, 0.1) is 0 Å². The molecule has 0 aliphatic rings. The Balaban J connectivity index is 2.04. The molecule has 162 valence electrons. The highest BCUT2D eigenvalue weighted by Crippen LogP contribution is 2.21. The van der Waals surface area contributed by atoms with Gasteiger partial charge in [0.1, 0.15) is 6.04 Å². The fourth-order valence-electron chi connectivity index (χ4n) is 2.85. The molecular formula is C23H28Cl2N2O2S. The summed E-state index contributed by atoms with van der Waals surface area (Å²) in [4.78, 5) is 27.3. The van der Waals surface area contributed by atoms with Crippen LogP contribution in [-0.2, 0) is 21.9 Å². The molecule has 0 aliphatic carbocycles. The molecule has 0 aromatic heterocycles. The average Bonchev–Trinajstić information content (AvgIpc) is 2.74. The number of carbonyl (C=O) groups is 2. The van der Waals surface area contributed by atoms with Crippen molar-refractivity contribution in [1.82, 2.24) is 10.2 Å². The van der Waals surface area contributed by atoms with Crippen molar-refractivity contribution in [3.63, 3.8) is 0 Å². The molecule has 0 fully saturated rings. The third-order valence-electron chi connectivity index (χ3n) is 4.70. The van der Waals surface area contributed by atoms with Crippen molar-refractivity contribution in [1.29, 1.82) is 0 Å². The molecule has 1 atom stereocenters. The number of amides is 2. The molecule has 0 spiro atoms. The lowest BCUT2D eigenvalue weighted by molar-refractivity contribution is -0.138. The van der Waals surface area contributed by atoms with E-state index in [4.69, 9.17) is 23.2 Å². The normalized spacial score (nSPS) is 11.7. The molecule has 0 unspecified atom stereocenters. The summed E-state index contributed by atoms with van der Waals surface area (Å²) in [5.74, 6) is 0.734. The Morgan fingerprint density at radius 2 is 1.80 bits per heavy atom. The number of benzene rings is 2. The van der Waals surface area contributed by atoms with E-state index in [1.165, 1.54) is 11.8 Å². The summed E-state index contributed by atoms with van der Waals surface area (Å²) >= 11 is 13.7. The Morgan fingerprint density at radius 3 is 2.47 bits per heavy atom. The number of halogens is 2. The molecule has 2 amide bonds. The molecule has 0 heterocycles. The highest BCUT2D eigenvalue weighted by atomic mass is 35.5. The van der Waals surface area contributed by atoms with Crippen LogP contribution in [-0.4, -0.2) is 35.1 Å². The van der Waals surface area contributed by atoms with Gasteiger partial charge in [-0.3, -0.25) is 9.59 Å². The number of carbonyl (C=O) groups excluding carboxylic acids is 2. The summed E-state index contributed by atoms with van der Waals surface area (Å²) in [7, 11) is 0. The highest BCUT2D eigenvalue weighted by molar-refractivity contribution is 7.99. The lowest BCUT2D eigenvalue weighted by Crippen LogP contribution is -2.48. The Bertz CT molecular complexity index is 830. The second-order valence-corrected chi connectivity index (χ2v) is 8.88. The van der Waals surface area contributed by atoms with Crippen LogP contribution in [0.5, 0.6) is 0 Å². The Kier molecular flexibility index (Phi) is 10.6. The van der Waals surface area contributed by atoms with Crippen LogP contribution < -0.4 is 5.32 Å². The smallest absolute Gasteiger partial charge is 0.242 e. The first kappa shape index (κ1) is 24.6. The van der Waals surface area contributed by atoms with E-state index in [-0.39, 0.29) is 17.6 Å². The van der Waals surface area contributed by atoms with E-state index in [0.29, 0.717) is 28.9 Å². The molecular weight excluding hydrogens is 439 g/mol. The minimum Gasteiger partial charge on any atom is -0.354 e. The van der Waals surface area contributed by atoms with Gasteiger partial charge in [-0.1, -0.05) is 66.9 Å². The van der Waals surface area contributed by atoms with Gasteiger partial charge in [-0.05, 0) is 42.7 Å². The van der Waals surface area contributed by atoms with Crippen molar-refractivity contribution in [2.45, 2.75) is 45.0 Å². The van der Waals surface area contributed by atoms with E-state index in [0.717, 1.165) is 24.0 Å². The molecule has 1 N–H and O–H groups in total. The molecule has 7 heteroatoms. The van der Waals surface area contributed by atoms with Crippen molar-refractivity contribution in [3.8, 4) is 0 Å². The van der Waals surface area contributed by atoms with Crippen LogP contribution in [0.2, 0.25) is 10.0 Å². The standard InChI is InChI=1S/C23H28Cl2N2O2S/c1-3-4-13-26-23(29)17(2)27(14-19-7-5-6-8-21(19)25)22(28)16-30-15-18-9-11-20(24)12-10-18/h5-12,17H,3-4,13-16H2,1-2H3,(H,26,29)/t17-/m1/s1. The topological polar surface area (TPSA) is 49.4 Å². The number of nitrogens with zero attached hydrogens (tertiary/aromatic N) is 1. The van der Waals surface area contributed by atoms with Gasteiger partial charge in [0.25, 0.3) is 0 Å². The summed E-state index contributed by atoms with van der Waals surface area (Å²) in [6.07, 6.45) is 1.91. The van der Waals surface area contributed by atoms with Crippen molar-refractivity contribution in [3.05, 3.63) is 69.7 Å². The van der Waals surface area contributed by atoms with Crippen LogP contribution in [0.3, 0.4) is 0 Å². The fraction of sp³-hybridized carbons (Fsp3) is 0.391. The van der Waals surface area contributed by atoms with Crippen LogP contribution in [0.15, 0.2) is 48.5 Å². The van der Waals surface area contributed by atoms with Gasteiger partial charge in [-0.25, -0.2) is 0 Å². The van der Waals surface area contributed by atoms with Crippen molar-refractivity contribution >= 4 is 46.8 Å². The van der Waals surface area contributed by atoms with Gasteiger partial charge in [0, 0.05) is 28.9 Å². The fourth-order valence-corrected chi connectivity index (χ4v) is 4.04. The maximum absolute atomic E-state index is 13.0. The van der Waals surface area contributed by atoms with Gasteiger partial charge in [-0.2, -0.15) is 0 Å². The maximum Gasteiger partial charge on any atom is 0.242 e. The van der Waals surface area contributed by atoms with Gasteiger partial charge in [0.15, 0.2) is 0 Å². The van der Waals surface area contributed by atoms with Gasteiger partial charge in [0.2, 0.25) is 11.8 Å². The molecule has 30 heavy (non-hydrogen) atoms. The monoisotopic (exact) mass is 466 g/mol. The molecule has 0 bridgehead atoms. The quantitative estimate of drug-likeness (QED) is 0.440. The van der Waals surface area contributed by atoms with Crippen LogP contribution in [0.25, 0.3) is 0 Å². The Morgan fingerprint density at radius 1 is 1.10 bits per heavy atom. The van der Waals surface area contributed by atoms with Crippen molar-refractivity contribution in [2.75, 3.05) is 12.3 Å². The summed E-state index contributed by atoms with van der Waals surface area (Å²) in [6, 6.07) is 14.4. The van der Waals surface area contributed by atoms with Crippen molar-refractivity contribution < 1.29 is 9.59 Å². The third kappa shape index (κ3) is 7.86. The van der Waals surface area contributed by atoms with E-state index < -0.39 is 6.04 Å². The molecule has 0 saturated carbocycles. The molecule has 2 aromatic rings. The molecule has 4 nitrogen and oxygen atoms in total. The predicted octanol–water partition coefficient (Wildman–Crippen LogP) is 5.56. The molecule has 0 radical (unpaired) electrons. The summed E-state index contributed by atoms with van der Waals surface area (Å²) in [5.41, 5.74) is 1.92. The predicted molar refractivity (Wildman–Crippen MR) is 127 cm³/mol. The van der Waals surface area contributed by atoms with Crippen LogP contribution >= 0.6 is 35.0 Å². The van der Waals surface area contributed by atoms with E-state index in [2.05, 4.69) is 12.2 Å². The van der Waals surface area contributed by atoms with Crippen LogP contribution in [0.4, 0.5) is 0 Å². The molecule has 0 saturated heterocycles. The average molecular weight is 467 g/mol. The first-order valence-corrected chi connectivity index (χ1v) is 12.0. The zero-order valence-corrected chi connectivity index (χ0v) is 19.7. The highest BCUT2D eigenvalue weighted by Gasteiger charge is 2.26. The number of hydrogen-bond donors (Lipinski definition) is 1. The SMILES string of the molecule is CCCCNC(=O)[C@@H](C)N(Cc1ccccc1Cl)C(=O)CSCc1ccc(Cl)cc1. The zero-order valence-electron chi connectivity index (χ0n) is 17.4.